The van der Waals surface area contributed by atoms with Crippen molar-refractivity contribution >= 4 is 17.1 Å². The SMILES string of the molecule is C#CC[C@H]1O[C@@H](n2cnc3c(=O)[nH]c(N)nc32)C[C@@H]1O. The Hall–Kier alpha value is -2.37. The van der Waals surface area contributed by atoms with Crippen LogP contribution < -0.4 is 11.3 Å². The first kappa shape index (κ1) is 12.7. The van der Waals surface area contributed by atoms with Crippen LogP contribution in [0, 0.1) is 12.3 Å². The number of rotatable bonds is 2. The molecular formula is C12H13N5O3. The molecule has 0 spiro atoms. The maximum Gasteiger partial charge on any atom is 0.280 e. The highest BCUT2D eigenvalue weighted by atomic mass is 16.5. The van der Waals surface area contributed by atoms with Gasteiger partial charge in [0.1, 0.15) is 6.23 Å². The van der Waals surface area contributed by atoms with Crippen molar-refractivity contribution < 1.29 is 9.84 Å². The van der Waals surface area contributed by atoms with Gasteiger partial charge in [0.2, 0.25) is 5.95 Å². The molecule has 3 heterocycles. The normalized spacial score (nSPS) is 25.9. The lowest BCUT2D eigenvalue weighted by Gasteiger charge is -2.13. The number of hydrogen-bond donors (Lipinski definition) is 3. The average molecular weight is 275 g/mol. The Kier molecular flexibility index (Phi) is 2.93. The van der Waals surface area contributed by atoms with Crippen LogP contribution >= 0.6 is 0 Å². The second-order valence-electron chi connectivity index (χ2n) is 4.62. The Morgan fingerprint density at radius 2 is 2.50 bits per heavy atom. The Morgan fingerprint density at radius 3 is 3.25 bits per heavy atom. The molecule has 8 heteroatoms. The number of nitrogen functional groups attached to an aromatic ring is 1. The van der Waals surface area contributed by atoms with E-state index in [0.29, 0.717) is 18.5 Å². The fraction of sp³-hybridized carbons (Fsp3) is 0.417. The molecular weight excluding hydrogens is 262 g/mol. The summed E-state index contributed by atoms with van der Waals surface area (Å²) in [5, 5.41) is 9.90. The number of aromatic amines is 1. The van der Waals surface area contributed by atoms with E-state index in [1.807, 2.05) is 0 Å². The Balaban J connectivity index is 2.00. The molecule has 1 saturated heterocycles. The molecule has 1 aliphatic heterocycles. The summed E-state index contributed by atoms with van der Waals surface area (Å²) >= 11 is 0. The van der Waals surface area contributed by atoms with E-state index in [0.717, 1.165) is 0 Å². The number of anilines is 1. The van der Waals surface area contributed by atoms with Gasteiger partial charge in [-0.05, 0) is 0 Å². The molecule has 20 heavy (non-hydrogen) atoms. The maximum atomic E-state index is 11.7. The molecule has 2 aromatic heterocycles. The van der Waals surface area contributed by atoms with Crippen LogP contribution in [0.3, 0.4) is 0 Å². The van der Waals surface area contributed by atoms with Crippen LogP contribution in [0.25, 0.3) is 11.2 Å². The lowest BCUT2D eigenvalue weighted by molar-refractivity contribution is -0.0137. The molecule has 1 fully saturated rings. The van der Waals surface area contributed by atoms with Crippen molar-refractivity contribution in [2.75, 3.05) is 5.73 Å². The van der Waals surface area contributed by atoms with Crippen molar-refractivity contribution in [2.45, 2.75) is 31.3 Å². The largest absolute Gasteiger partial charge is 0.390 e. The minimum atomic E-state index is -0.659. The molecule has 0 aliphatic carbocycles. The first-order chi connectivity index (χ1) is 9.60. The number of nitrogens with two attached hydrogens (primary N) is 1. The van der Waals surface area contributed by atoms with Gasteiger partial charge in [0.25, 0.3) is 5.56 Å². The number of nitrogens with zero attached hydrogens (tertiary/aromatic N) is 3. The van der Waals surface area contributed by atoms with Crippen molar-refractivity contribution in [3.8, 4) is 12.3 Å². The Labute approximate surface area is 113 Å². The van der Waals surface area contributed by atoms with Crippen LogP contribution in [0.1, 0.15) is 19.1 Å². The zero-order chi connectivity index (χ0) is 14.3. The van der Waals surface area contributed by atoms with Gasteiger partial charge in [0.05, 0.1) is 18.5 Å². The van der Waals surface area contributed by atoms with E-state index in [1.165, 1.54) is 6.33 Å². The molecule has 3 atom stereocenters. The molecule has 4 N–H and O–H groups in total. The first-order valence-electron chi connectivity index (χ1n) is 6.09. The molecule has 8 nitrogen and oxygen atoms in total. The lowest BCUT2D eigenvalue weighted by atomic mass is 10.1. The van der Waals surface area contributed by atoms with Crippen LogP contribution in [0.4, 0.5) is 5.95 Å². The number of aliphatic hydroxyl groups is 1. The van der Waals surface area contributed by atoms with Crippen LogP contribution in [-0.4, -0.2) is 36.8 Å². The zero-order valence-corrected chi connectivity index (χ0v) is 10.5. The van der Waals surface area contributed by atoms with Gasteiger partial charge in [-0.3, -0.25) is 14.3 Å². The van der Waals surface area contributed by atoms with Gasteiger partial charge in [-0.2, -0.15) is 4.98 Å². The number of ether oxygens (including phenoxy) is 1. The molecule has 0 radical (unpaired) electrons. The molecule has 0 aromatic carbocycles. The number of imidazole rings is 1. The van der Waals surface area contributed by atoms with E-state index >= 15 is 0 Å². The highest BCUT2D eigenvalue weighted by molar-refractivity contribution is 5.70. The quantitative estimate of drug-likeness (QED) is 0.628. The Morgan fingerprint density at radius 1 is 1.70 bits per heavy atom. The maximum absolute atomic E-state index is 11.7. The minimum Gasteiger partial charge on any atom is -0.390 e. The number of terminal acetylenes is 1. The second-order valence-corrected chi connectivity index (χ2v) is 4.62. The molecule has 1 aliphatic rings. The number of nitrogens with one attached hydrogen (secondary N) is 1. The number of H-pyrrole nitrogens is 1. The van der Waals surface area contributed by atoms with Crippen molar-refractivity contribution in [1.29, 1.82) is 0 Å². The number of aliphatic hydroxyl groups excluding tert-OH is 1. The summed E-state index contributed by atoms with van der Waals surface area (Å²) in [7, 11) is 0. The van der Waals surface area contributed by atoms with Crippen LogP contribution in [-0.2, 0) is 4.74 Å². The van der Waals surface area contributed by atoms with Crippen LogP contribution in [0.5, 0.6) is 0 Å². The van der Waals surface area contributed by atoms with Gasteiger partial charge < -0.3 is 15.6 Å². The molecule has 3 rings (SSSR count). The summed E-state index contributed by atoms with van der Waals surface area (Å²) < 4.78 is 7.27. The van der Waals surface area contributed by atoms with Gasteiger partial charge in [-0.15, -0.1) is 12.3 Å². The second kappa shape index (κ2) is 4.63. The molecule has 0 saturated carbocycles. The average Bonchev–Trinajstić information content (AvgIpc) is 2.94. The lowest BCUT2D eigenvalue weighted by Crippen LogP contribution is -2.19. The topological polar surface area (TPSA) is 119 Å². The smallest absolute Gasteiger partial charge is 0.280 e. The molecule has 104 valence electrons. The summed E-state index contributed by atoms with van der Waals surface area (Å²) in [4.78, 5) is 22.1. The van der Waals surface area contributed by atoms with Crippen LogP contribution in [0.2, 0.25) is 0 Å². The van der Waals surface area contributed by atoms with Crippen molar-refractivity contribution in [2.24, 2.45) is 0 Å². The molecule has 2 aromatic rings. The van der Waals surface area contributed by atoms with Crippen molar-refractivity contribution in [1.82, 2.24) is 19.5 Å². The minimum absolute atomic E-state index is 0.00275. The zero-order valence-electron chi connectivity index (χ0n) is 10.5. The van der Waals surface area contributed by atoms with E-state index in [9.17, 15) is 9.90 Å². The first-order valence-corrected chi connectivity index (χ1v) is 6.09. The van der Waals surface area contributed by atoms with Crippen molar-refractivity contribution in [3.05, 3.63) is 16.7 Å². The molecule has 0 amide bonds. The highest BCUT2D eigenvalue weighted by Crippen LogP contribution is 2.31. The Bertz CT molecular complexity index is 744. The van der Waals surface area contributed by atoms with Gasteiger partial charge in [0, 0.05) is 12.8 Å². The van der Waals surface area contributed by atoms with Crippen LogP contribution in [0.15, 0.2) is 11.1 Å². The molecule has 0 unspecified atom stereocenters. The monoisotopic (exact) mass is 275 g/mol. The van der Waals surface area contributed by atoms with E-state index in [1.54, 1.807) is 4.57 Å². The summed E-state index contributed by atoms with van der Waals surface area (Å²) in [6.07, 6.45) is 5.79. The predicted molar refractivity (Wildman–Crippen MR) is 70.5 cm³/mol. The standard InChI is InChI=1S/C12H13N5O3/c1-2-3-7-6(18)4-8(20-7)17-5-14-9-10(17)15-12(13)16-11(9)19/h1,5-8,18H,3-4H2,(H3,13,15,16,19)/t6-,7+,8+/m0/s1. The van der Waals surface area contributed by atoms with E-state index in [4.69, 9.17) is 16.9 Å². The highest BCUT2D eigenvalue weighted by Gasteiger charge is 2.35. The third-order valence-corrected chi connectivity index (χ3v) is 3.28. The predicted octanol–water partition coefficient (Wildman–Crippen LogP) is -0.627. The number of aromatic nitrogens is 4. The fourth-order valence-electron chi connectivity index (χ4n) is 2.34. The summed E-state index contributed by atoms with van der Waals surface area (Å²) in [6.45, 7) is 0. The summed E-state index contributed by atoms with van der Waals surface area (Å²) in [6, 6.07) is 0. The number of fused-ring (bicyclic) bond motifs is 1. The van der Waals surface area contributed by atoms with E-state index < -0.39 is 24.0 Å². The van der Waals surface area contributed by atoms with Gasteiger partial charge in [0.15, 0.2) is 11.2 Å². The van der Waals surface area contributed by atoms with Gasteiger partial charge in [-0.25, -0.2) is 4.98 Å². The van der Waals surface area contributed by atoms with Gasteiger partial charge >= 0.3 is 0 Å². The molecule has 0 bridgehead atoms. The van der Waals surface area contributed by atoms with Gasteiger partial charge in [-0.1, -0.05) is 0 Å². The summed E-state index contributed by atoms with van der Waals surface area (Å²) in [5.74, 6) is 2.46. The summed E-state index contributed by atoms with van der Waals surface area (Å²) in [5.41, 5.74) is 5.62. The third-order valence-electron chi connectivity index (χ3n) is 3.28. The fourth-order valence-corrected chi connectivity index (χ4v) is 2.34. The third kappa shape index (κ3) is 1.93. The van der Waals surface area contributed by atoms with E-state index in [2.05, 4.69) is 20.9 Å². The number of hydrogen-bond acceptors (Lipinski definition) is 6. The van der Waals surface area contributed by atoms with E-state index in [-0.39, 0.29) is 11.5 Å². The van der Waals surface area contributed by atoms with Crippen molar-refractivity contribution in [3.63, 3.8) is 0 Å².